The molecule has 1 heterocycles. The van der Waals surface area contributed by atoms with Crippen molar-refractivity contribution < 1.29 is 0 Å². The van der Waals surface area contributed by atoms with E-state index in [4.69, 9.17) is 0 Å². The maximum atomic E-state index is 3.81. The first-order valence-corrected chi connectivity index (χ1v) is 6.82. The number of hydrogen-bond donors (Lipinski definition) is 1. The molecule has 0 atom stereocenters. The van der Waals surface area contributed by atoms with Gasteiger partial charge in [0.2, 0.25) is 0 Å². The molecular weight excluding hydrogens is 238 g/mol. The van der Waals surface area contributed by atoms with Crippen molar-refractivity contribution in [2.24, 2.45) is 0 Å². The molecule has 2 heteroatoms. The van der Waals surface area contributed by atoms with Crippen LogP contribution in [0.5, 0.6) is 0 Å². The molecule has 1 aliphatic rings. The van der Waals surface area contributed by atoms with E-state index in [1.165, 1.54) is 5.57 Å². The lowest BCUT2D eigenvalue weighted by atomic mass is 10.3. The Morgan fingerprint density at radius 2 is 2.06 bits per heavy atom. The Bertz CT molecular complexity index is 435. The van der Waals surface area contributed by atoms with Crippen LogP contribution in [0.1, 0.15) is 27.7 Å². The smallest absolute Gasteiger partial charge is 0.0221 e. The van der Waals surface area contributed by atoms with E-state index < -0.39 is 0 Å². The predicted octanol–water partition coefficient (Wildman–Crippen LogP) is 4.74. The summed E-state index contributed by atoms with van der Waals surface area (Å²) in [7, 11) is 0. The summed E-state index contributed by atoms with van der Waals surface area (Å²) in [6, 6.07) is 2.78. The average Bonchev–Trinajstić information content (AvgIpc) is 2.65. The Labute approximate surface area is 115 Å². The van der Waals surface area contributed by atoms with Gasteiger partial charge in [0.25, 0.3) is 0 Å². The van der Waals surface area contributed by atoms with Crippen molar-refractivity contribution in [1.82, 2.24) is 5.32 Å². The van der Waals surface area contributed by atoms with E-state index in [9.17, 15) is 0 Å². The monoisotopic (exact) mass is 259 g/mol. The predicted molar refractivity (Wildman–Crippen MR) is 84.8 cm³/mol. The minimum atomic E-state index is 1.10. The van der Waals surface area contributed by atoms with E-state index in [2.05, 4.69) is 49.9 Å². The molecule has 0 aromatic rings. The topological polar surface area (TPSA) is 12.0 Å². The van der Waals surface area contributed by atoms with Crippen LogP contribution in [0.25, 0.3) is 0 Å². The highest BCUT2D eigenvalue weighted by Crippen LogP contribution is 2.27. The Hall–Kier alpha value is -1.59. The summed E-state index contributed by atoms with van der Waals surface area (Å²) in [6.07, 6.45) is 11.7. The van der Waals surface area contributed by atoms with Crippen LogP contribution in [0.3, 0.4) is 0 Å². The van der Waals surface area contributed by atoms with Crippen LogP contribution in [-0.4, -0.2) is 0 Å². The Balaban J connectivity index is 0.00000137. The van der Waals surface area contributed by atoms with Gasteiger partial charge in [-0.2, -0.15) is 0 Å². The van der Waals surface area contributed by atoms with Crippen LogP contribution < -0.4 is 5.32 Å². The van der Waals surface area contributed by atoms with Crippen molar-refractivity contribution in [2.75, 3.05) is 0 Å². The van der Waals surface area contributed by atoms with E-state index in [0.29, 0.717) is 0 Å². The summed E-state index contributed by atoms with van der Waals surface area (Å²) < 4.78 is 0. The normalized spacial score (nSPS) is 12.7. The number of allylic oxidation sites excluding steroid dienone is 6. The molecule has 0 radical (unpaired) electrons. The van der Waals surface area contributed by atoms with Gasteiger partial charge in [-0.05, 0) is 26.0 Å². The molecule has 0 saturated heterocycles. The van der Waals surface area contributed by atoms with Crippen LogP contribution in [-0.2, 0) is 0 Å². The number of nitrogens with one attached hydrogen (secondary N) is 1. The molecular formula is C16H21NS. The van der Waals surface area contributed by atoms with Crippen molar-refractivity contribution in [3.8, 4) is 12.0 Å². The molecule has 0 fully saturated rings. The van der Waals surface area contributed by atoms with Gasteiger partial charge < -0.3 is 5.32 Å². The molecule has 96 valence electrons. The van der Waals surface area contributed by atoms with E-state index >= 15 is 0 Å². The van der Waals surface area contributed by atoms with Gasteiger partial charge in [-0.1, -0.05) is 55.8 Å². The molecule has 18 heavy (non-hydrogen) atoms. The molecule has 1 aliphatic heterocycles. The zero-order valence-corrected chi connectivity index (χ0v) is 12.4. The lowest BCUT2D eigenvalue weighted by molar-refractivity contribution is 1.26. The highest BCUT2D eigenvalue weighted by Gasteiger charge is 1.97. The maximum absolute atomic E-state index is 3.81. The molecule has 0 spiro atoms. The summed E-state index contributed by atoms with van der Waals surface area (Å²) in [4.78, 5) is 2.21. The Kier molecular flexibility index (Phi) is 9.62. The van der Waals surface area contributed by atoms with E-state index in [1.54, 1.807) is 11.8 Å². The first kappa shape index (κ1) is 16.4. The van der Waals surface area contributed by atoms with Gasteiger partial charge in [-0.25, -0.2) is 0 Å². The third-order valence-corrected chi connectivity index (χ3v) is 2.74. The highest BCUT2D eigenvalue weighted by molar-refractivity contribution is 8.07. The molecule has 1 N–H and O–H groups in total. The summed E-state index contributed by atoms with van der Waals surface area (Å²) in [5.41, 5.74) is 1.27. The fourth-order valence-corrected chi connectivity index (χ4v) is 1.70. The standard InChI is InChI=1S/C14H15NS.C2H6/c1-4-13(8-7-12(2)3)16-14-6-5-10-15-11-9-14;1-2/h4,6-9,11,15H,1H2,2-3H3;1-2H3/b13-8+;. The van der Waals surface area contributed by atoms with E-state index in [-0.39, 0.29) is 0 Å². The minimum Gasteiger partial charge on any atom is -0.322 e. The molecule has 0 aliphatic carbocycles. The molecule has 0 amide bonds. The van der Waals surface area contributed by atoms with E-state index in [1.807, 2.05) is 38.3 Å². The Morgan fingerprint density at radius 3 is 2.67 bits per heavy atom. The first-order valence-electron chi connectivity index (χ1n) is 6.00. The van der Waals surface area contributed by atoms with Crippen LogP contribution in [0, 0.1) is 12.0 Å². The summed E-state index contributed by atoms with van der Waals surface area (Å²) in [5, 5.41) is 2.85. The molecule has 1 rings (SSSR count). The van der Waals surface area contributed by atoms with Crippen LogP contribution >= 0.6 is 11.8 Å². The quantitative estimate of drug-likeness (QED) is 0.578. The van der Waals surface area contributed by atoms with Crippen molar-refractivity contribution in [1.29, 1.82) is 0 Å². The molecule has 0 bridgehead atoms. The zero-order valence-electron chi connectivity index (χ0n) is 11.6. The minimum absolute atomic E-state index is 1.10. The lowest BCUT2D eigenvalue weighted by Gasteiger charge is -2.00. The van der Waals surface area contributed by atoms with Crippen molar-refractivity contribution >= 4 is 11.8 Å². The van der Waals surface area contributed by atoms with E-state index in [0.717, 1.165) is 9.81 Å². The average molecular weight is 259 g/mol. The van der Waals surface area contributed by atoms with Crippen LogP contribution in [0.4, 0.5) is 0 Å². The number of rotatable bonds is 4. The second kappa shape index (κ2) is 10.6. The third kappa shape index (κ3) is 7.65. The Morgan fingerprint density at radius 1 is 1.33 bits per heavy atom. The third-order valence-electron chi connectivity index (χ3n) is 1.71. The van der Waals surface area contributed by atoms with Gasteiger partial charge in [0.1, 0.15) is 0 Å². The second-order valence-corrected chi connectivity index (χ2v) is 4.56. The molecule has 0 aromatic carbocycles. The lowest BCUT2D eigenvalue weighted by Crippen LogP contribution is -1.89. The van der Waals surface area contributed by atoms with Crippen molar-refractivity contribution in [3.63, 3.8) is 0 Å². The van der Waals surface area contributed by atoms with Gasteiger partial charge in [-0.3, -0.25) is 0 Å². The largest absolute Gasteiger partial charge is 0.322 e. The zero-order chi connectivity index (χ0) is 13.8. The maximum Gasteiger partial charge on any atom is 0.0221 e. The summed E-state index contributed by atoms with van der Waals surface area (Å²) in [6.45, 7) is 11.9. The van der Waals surface area contributed by atoms with Gasteiger partial charge in [0, 0.05) is 28.1 Å². The highest BCUT2D eigenvalue weighted by atomic mass is 32.2. The second-order valence-electron chi connectivity index (χ2n) is 3.41. The van der Waals surface area contributed by atoms with Gasteiger partial charge in [0.05, 0.1) is 0 Å². The summed E-state index contributed by atoms with van der Waals surface area (Å²) >= 11 is 1.65. The van der Waals surface area contributed by atoms with Crippen molar-refractivity contribution in [2.45, 2.75) is 27.7 Å². The SMILES string of the molecule is C=C/C(=C\C=C(C)C)SC1=CC#CNC=C1.CC. The van der Waals surface area contributed by atoms with Crippen LogP contribution in [0.2, 0.25) is 0 Å². The number of hydrogen-bond acceptors (Lipinski definition) is 2. The summed E-state index contributed by atoms with van der Waals surface area (Å²) in [5.74, 6) is 2.91. The molecule has 0 unspecified atom stereocenters. The van der Waals surface area contributed by atoms with Crippen LogP contribution in [0.15, 0.2) is 58.5 Å². The molecule has 1 nitrogen and oxygen atoms in total. The fraction of sp³-hybridized carbons (Fsp3) is 0.250. The molecule has 0 aromatic heterocycles. The van der Waals surface area contributed by atoms with Gasteiger partial charge >= 0.3 is 0 Å². The van der Waals surface area contributed by atoms with Crippen molar-refractivity contribution in [3.05, 3.63) is 58.5 Å². The van der Waals surface area contributed by atoms with Gasteiger partial charge in [0.15, 0.2) is 0 Å². The number of thioether (sulfide) groups is 1. The fourth-order valence-electron chi connectivity index (χ4n) is 0.955. The molecule has 0 saturated carbocycles. The van der Waals surface area contributed by atoms with Gasteiger partial charge in [-0.15, -0.1) is 0 Å². The first-order chi connectivity index (χ1) is 8.72.